The van der Waals surface area contributed by atoms with Gasteiger partial charge >= 0.3 is 18.1 Å². The van der Waals surface area contributed by atoms with Crippen molar-refractivity contribution in [3.8, 4) is 18.1 Å². The quantitative estimate of drug-likeness (QED) is 0.272. The van der Waals surface area contributed by atoms with Crippen LogP contribution < -0.4 is 16.2 Å². The highest BCUT2D eigenvalue weighted by molar-refractivity contribution is 6.01. The molecule has 11 heteroatoms. The summed E-state index contributed by atoms with van der Waals surface area (Å²) in [5, 5.41) is 9.70. The first-order valence-electron chi connectivity index (χ1n) is 11.2. The van der Waals surface area contributed by atoms with Crippen LogP contribution in [0.2, 0.25) is 0 Å². The number of nitrogens with zero attached hydrogens (tertiary/aromatic N) is 4. The maximum Gasteiger partial charge on any atom is 0.415 e. The minimum atomic E-state index is -1.24. The summed E-state index contributed by atoms with van der Waals surface area (Å²) in [5.74, 6) is 1.34. The van der Waals surface area contributed by atoms with Crippen molar-refractivity contribution in [1.82, 2.24) is 14.7 Å². The molecule has 1 fully saturated rings. The number of terminal acetylenes is 1. The SMILES string of the molecule is C#CCN(C)C(=O)N(CC)/C(=C/N)C(N)=N[C@@H](Cc1ccc(OC(=O)N2CCCC2)cc1)C(=O)O. The molecular weight excluding hydrogens is 452 g/mol. The summed E-state index contributed by atoms with van der Waals surface area (Å²) in [5.41, 5.74) is 12.5. The lowest BCUT2D eigenvalue weighted by atomic mass is 10.1. The molecule has 0 saturated carbocycles. The molecule has 5 N–H and O–H groups in total. The van der Waals surface area contributed by atoms with E-state index in [4.69, 9.17) is 22.6 Å². The first kappa shape index (κ1) is 27.0. The fraction of sp³-hybridized carbons (Fsp3) is 0.417. The summed E-state index contributed by atoms with van der Waals surface area (Å²) in [6.45, 7) is 3.35. The lowest BCUT2D eigenvalue weighted by Gasteiger charge is -2.28. The van der Waals surface area contributed by atoms with Crippen LogP contribution in [0.4, 0.5) is 9.59 Å². The van der Waals surface area contributed by atoms with Gasteiger partial charge < -0.3 is 31.1 Å². The first-order chi connectivity index (χ1) is 16.7. The number of hydrogen-bond acceptors (Lipinski definition) is 6. The van der Waals surface area contributed by atoms with E-state index in [2.05, 4.69) is 10.9 Å². The Kier molecular flexibility index (Phi) is 9.96. The van der Waals surface area contributed by atoms with E-state index in [-0.39, 0.29) is 31.0 Å². The molecule has 0 radical (unpaired) electrons. The van der Waals surface area contributed by atoms with Crippen molar-refractivity contribution in [3.05, 3.63) is 41.7 Å². The first-order valence-corrected chi connectivity index (χ1v) is 11.2. The fourth-order valence-electron chi connectivity index (χ4n) is 3.54. The molecule has 11 nitrogen and oxygen atoms in total. The number of carbonyl (C=O) groups excluding carboxylic acids is 2. The van der Waals surface area contributed by atoms with Crippen LogP contribution in [0, 0.1) is 12.3 Å². The molecule has 1 saturated heterocycles. The monoisotopic (exact) mass is 484 g/mol. The average molecular weight is 485 g/mol. The third-order valence-electron chi connectivity index (χ3n) is 5.42. The molecule has 1 atom stereocenters. The summed E-state index contributed by atoms with van der Waals surface area (Å²) >= 11 is 0. The van der Waals surface area contributed by atoms with Crippen molar-refractivity contribution in [2.75, 3.05) is 33.2 Å². The Balaban J connectivity index is 2.13. The van der Waals surface area contributed by atoms with Gasteiger partial charge in [0.15, 0.2) is 6.04 Å². The number of carboxylic acid groups (broad SMARTS) is 1. The van der Waals surface area contributed by atoms with Gasteiger partial charge in [0, 0.05) is 39.3 Å². The second kappa shape index (κ2) is 12.9. The van der Waals surface area contributed by atoms with Crippen molar-refractivity contribution in [1.29, 1.82) is 0 Å². The Bertz CT molecular complexity index is 1010. The molecule has 0 aromatic heterocycles. The van der Waals surface area contributed by atoms with Gasteiger partial charge in [0.2, 0.25) is 0 Å². The van der Waals surface area contributed by atoms with Crippen molar-refractivity contribution >= 4 is 23.9 Å². The molecule has 1 aliphatic rings. The number of ether oxygens (including phenoxy) is 1. The second-order valence-electron chi connectivity index (χ2n) is 7.92. The topological polar surface area (TPSA) is 155 Å². The van der Waals surface area contributed by atoms with Gasteiger partial charge in [0.1, 0.15) is 17.3 Å². The Morgan fingerprint density at radius 3 is 2.43 bits per heavy atom. The zero-order valence-corrected chi connectivity index (χ0v) is 20.0. The summed E-state index contributed by atoms with van der Waals surface area (Å²) < 4.78 is 5.36. The molecule has 35 heavy (non-hydrogen) atoms. The maximum atomic E-state index is 12.7. The zero-order valence-electron chi connectivity index (χ0n) is 20.0. The van der Waals surface area contributed by atoms with Crippen LogP contribution >= 0.6 is 0 Å². The molecule has 1 aliphatic heterocycles. The van der Waals surface area contributed by atoms with Crippen molar-refractivity contribution in [3.63, 3.8) is 0 Å². The molecular formula is C24H32N6O5. The molecule has 2 rings (SSSR count). The van der Waals surface area contributed by atoms with Crippen LogP contribution in [-0.2, 0) is 11.2 Å². The Morgan fingerprint density at radius 2 is 1.91 bits per heavy atom. The van der Waals surface area contributed by atoms with E-state index >= 15 is 0 Å². The number of hydrogen-bond donors (Lipinski definition) is 3. The van der Waals surface area contributed by atoms with Gasteiger partial charge in [-0.05, 0) is 37.5 Å². The maximum absolute atomic E-state index is 12.7. The lowest BCUT2D eigenvalue weighted by molar-refractivity contribution is -0.138. The van der Waals surface area contributed by atoms with E-state index in [0.29, 0.717) is 24.4 Å². The van der Waals surface area contributed by atoms with Crippen LogP contribution in [0.5, 0.6) is 5.75 Å². The molecule has 188 valence electrons. The van der Waals surface area contributed by atoms with E-state index in [1.165, 1.54) is 16.8 Å². The third kappa shape index (κ3) is 7.40. The van der Waals surface area contributed by atoms with Gasteiger partial charge in [-0.25, -0.2) is 14.4 Å². The average Bonchev–Trinajstić information content (AvgIpc) is 3.38. The van der Waals surface area contributed by atoms with Crippen LogP contribution in [0.15, 0.2) is 41.2 Å². The lowest BCUT2D eigenvalue weighted by Crippen LogP contribution is -2.44. The fourth-order valence-corrected chi connectivity index (χ4v) is 3.54. The van der Waals surface area contributed by atoms with Crippen LogP contribution in [0.3, 0.4) is 0 Å². The van der Waals surface area contributed by atoms with E-state index in [0.717, 1.165) is 19.0 Å². The number of likely N-dealkylation sites (tertiary alicyclic amines) is 1. The Hall–Kier alpha value is -4.20. The number of benzene rings is 1. The Morgan fingerprint density at radius 1 is 1.29 bits per heavy atom. The number of rotatable bonds is 9. The van der Waals surface area contributed by atoms with Gasteiger partial charge in [-0.3, -0.25) is 9.89 Å². The van der Waals surface area contributed by atoms with Crippen molar-refractivity contribution in [2.45, 2.75) is 32.2 Å². The van der Waals surface area contributed by atoms with Gasteiger partial charge in [-0.2, -0.15) is 0 Å². The second-order valence-corrected chi connectivity index (χ2v) is 7.92. The number of carbonyl (C=O) groups is 3. The van der Waals surface area contributed by atoms with E-state index in [1.807, 2.05) is 0 Å². The molecule has 1 heterocycles. The summed E-state index contributed by atoms with van der Waals surface area (Å²) in [7, 11) is 1.53. The predicted molar refractivity (Wildman–Crippen MR) is 132 cm³/mol. The normalized spacial score (nSPS) is 14.7. The van der Waals surface area contributed by atoms with Gasteiger partial charge in [-0.1, -0.05) is 18.1 Å². The molecule has 3 amide bonds. The minimum absolute atomic E-state index is 0.0192. The smallest absolute Gasteiger partial charge is 0.415 e. The minimum Gasteiger partial charge on any atom is -0.480 e. The van der Waals surface area contributed by atoms with Crippen LogP contribution in [0.1, 0.15) is 25.3 Å². The number of amides is 3. The van der Waals surface area contributed by atoms with E-state index in [1.54, 1.807) is 36.1 Å². The number of likely N-dealkylation sites (N-methyl/N-ethyl adjacent to an activating group) is 1. The highest BCUT2D eigenvalue weighted by atomic mass is 16.6. The highest BCUT2D eigenvalue weighted by Gasteiger charge is 2.25. The van der Waals surface area contributed by atoms with E-state index in [9.17, 15) is 19.5 Å². The largest absolute Gasteiger partial charge is 0.480 e. The number of aliphatic imine (C=N–C) groups is 1. The number of aliphatic carboxylic acids is 1. The summed E-state index contributed by atoms with van der Waals surface area (Å²) in [4.78, 5) is 45.0. The third-order valence-corrected chi connectivity index (χ3v) is 5.42. The van der Waals surface area contributed by atoms with E-state index < -0.39 is 24.1 Å². The zero-order chi connectivity index (χ0) is 26.0. The number of amidine groups is 1. The van der Waals surface area contributed by atoms with Gasteiger partial charge in [0.25, 0.3) is 0 Å². The van der Waals surface area contributed by atoms with Gasteiger partial charge in [0.05, 0.1) is 6.54 Å². The molecule has 1 aromatic carbocycles. The summed E-state index contributed by atoms with van der Waals surface area (Å²) in [6, 6.07) is 4.82. The highest BCUT2D eigenvalue weighted by Crippen LogP contribution is 2.18. The number of urea groups is 1. The van der Waals surface area contributed by atoms with Crippen molar-refractivity contribution < 1.29 is 24.2 Å². The number of nitrogens with two attached hydrogens (primary N) is 2. The van der Waals surface area contributed by atoms with Gasteiger partial charge in [-0.15, -0.1) is 6.42 Å². The summed E-state index contributed by atoms with van der Waals surface area (Å²) in [6.07, 6.45) is 7.91. The standard InChI is InChI=1S/C24H32N6O5/c1-4-12-28(3)23(33)30(5-2)20(16-25)21(26)27-19(22(31)32)15-17-8-10-18(11-9-17)35-24(34)29-13-6-7-14-29/h1,8-11,16,19H,5-7,12-15,25H2,2-3H3,(H2,26,27)(H,31,32)/b20-16+/t19-/m0/s1. The number of carboxylic acids is 1. The molecule has 0 unspecified atom stereocenters. The van der Waals surface area contributed by atoms with Crippen LogP contribution in [0.25, 0.3) is 0 Å². The molecule has 0 spiro atoms. The predicted octanol–water partition coefficient (Wildman–Crippen LogP) is 1.44. The van der Waals surface area contributed by atoms with Crippen molar-refractivity contribution in [2.24, 2.45) is 16.5 Å². The molecule has 0 bridgehead atoms. The molecule has 1 aromatic rings. The Labute approximate surface area is 205 Å². The van der Waals surface area contributed by atoms with Crippen LogP contribution in [-0.4, -0.2) is 83.0 Å². The molecule has 0 aliphatic carbocycles.